The molecule has 1 aromatic carbocycles. The van der Waals surface area contributed by atoms with Crippen molar-refractivity contribution in [3.8, 4) is 0 Å². The van der Waals surface area contributed by atoms with Gasteiger partial charge in [-0.15, -0.1) is 0 Å². The van der Waals surface area contributed by atoms with Crippen LogP contribution in [0.1, 0.15) is 32.8 Å². The molecular weight excluding hydrogens is 335 g/mol. The van der Waals surface area contributed by atoms with Gasteiger partial charge in [-0.3, -0.25) is 0 Å². The predicted octanol–water partition coefficient (Wildman–Crippen LogP) is 4.12. The Morgan fingerprint density at radius 2 is 2.09 bits per heavy atom. The summed E-state index contributed by atoms with van der Waals surface area (Å²) in [6.07, 6.45) is 1.34. The maximum absolute atomic E-state index is 12.1. The van der Waals surface area contributed by atoms with Crippen LogP contribution in [0.4, 0.5) is 4.79 Å². The third-order valence-corrected chi connectivity index (χ3v) is 4.68. The molecule has 0 aromatic heterocycles. The van der Waals surface area contributed by atoms with Crippen LogP contribution in [0.3, 0.4) is 0 Å². The SMILES string of the molecule is CC(C)(C)OC(=O)N1CCC(C(N)Cc2ccc(Cl)c(Cl)c2)C1. The molecule has 1 amide bonds. The number of benzene rings is 1. The molecule has 2 atom stereocenters. The smallest absolute Gasteiger partial charge is 0.410 e. The number of amides is 1. The Morgan fingerprint density at radius 3 is 2.70 bits per heavy atom. The number of nitrogens with zero attached hydrogens (tertiary/aromatic N) is 1. The molecule has 128 valence electrons. The van der Waals surface area contributed by atoms with E-state index in [0.717, 1.165) is 12.0 Å². The Hall–Kier alpha value is -0.970. The van der Waals surface area contributed by atoms with E-state index in [1.807, 2.05) is 32.9 Å². The lowest BCUT2D eigenvalue weighted by Gasteiger charge is -2.25. The van der Waals surface area contributed by atoms with E-state index in [4.69, 9.17) is 33.7 Å². The minimum atomic E-state index is -0.475. The van der Waals surface area contributed by atoms with Crippen LogP contribution in [0.25, 0.3) is 0 Å². The highest BCUT2D eigenvalue weighted by molar-refractivity contribution is 6.42. The average molecular weight is 359 g/mol. The van der Waals surface area contributed by atoms with Gasteiger partial charge in [0.05, 0.1) is 10.0 Å². The number of hydrogen-bond acceptors (Lipinski definition) is 3. The van der Waals surface area contributed by atoms with Crippen molar-refractivity contribution in [3.05, 3.63) is 33.8 Å². The zero-order valence-electron chi connectivity index (χ0n) is 13.8. The molecule has 0 spiro atoms. The van der Waals surface area contributed by atoms with Gasteiger partial charge in [0.1, 0.15) is 5.60 Å². The minimum absolute atomic E-state index is 0.0281. The fraction of sp³-hybridized carbons (Fsp3) is 0.588. The molecule has 0 radical (unpaired) electrons. The second-order valence-electron chi connectivity index (χ2n) is 7.09. The molecule has 6 heteroatoms. The quantitative estimate of drug-likeness (QED) is 0.883. The molecule has 4 nitrogen and oxygen atoms in total. The molecule has 1 fully saturated rings. The van der Waals surface area contributed by atoms with E-state index in [1.165, 1.54) is 0 Å². The van der Waals surface area contributed by atoms with Crippen molar-refractivity contribution in [1.29, 1.82) is 0 Å². The van der Waals surface area contributed by atoms with Crippen LogP contribution in [0, 0.1) is 5.92 Å². The monoisotopic (exact) mass is 358 g/mol. The van der Waals surface area contributed by atoms with Gasteiger partial charge in [-0.2, -0.15) is 0 Å². The van der Waals surface area contributed by atoms with E-state index >= 15 is 0 Å². The molecule has 1 aromatic rings. The van der Waals surface area contributed by atoms with Crippen LogP contribution in [-0.2, 0) is 11.2 Å². The van der Waals surface area contributed by atoms with Crippen LogP contribution < -0.4 is 5.73 Å². The highest BCUT2D eigenvalue weighted by Gasteiger charge is 2.32. The molecule has 0 saturated carbocycles. The molecule has 2 N–H and O–H groups in total. The molecule has 2 rings (SSSR count). The Kier molecular flexibility index (Phi) is 5.82. The highest BCUT2D eigenvalue weighted by Crippen LogP contribution is 2.26. The lowest BCUT2D eigenvalue weighted by Crippen LogP contribution is -2.38. The molecule has 0 bridgehead atoms. The molecule has 1 aliphatic heterocycles. The number of rotatable bonds is 3. The Bertz CT molecular complexity index is 572. The van der Waals surface area contributed by atoms with Crippen LogP contribution >= 0.6 is 23.2 Å². The van der Waals surface area contributed by atoms with Crippen molar-refractivity contribution in [2.75, 3.05) is 13.1 Å². The topological polar surface area (TPSA) is 55.6 Å². The molecule has 1 saturated heterocycles. The molecule has 1 heterocycles. The maximum Gasteiger partial charge on any atom is 0.410 e. The van der Waals surface area contributed by atoms with Crippen LogP contribution in [0.5, 0.6) is 0 Å². The summed E-state index contributed by atoms with van der Waals surface area (Å²) >= 11 is 12.0. The maximum atomic E-state index is 12.1. The summed E-state index contributed by atoms with van der Waals surface area (Å²) in [6, 6.07) is 5.55. The second-order valence-corrected chi connectivity index (χ2v) is 7.91. The zero-order chi connectivity index (χ0) is 17.2. The zero-order valence-corrected chi connectivity index (χ0v) is 15.3. The first-order valence-electron chi connectivity index (χ1n) is 7.83. The Morgan fingerprint density at radius 1 is 1.39 bits per heavy atom. The number of nitrogens with two attached hydrogens (primary N) is 1. The largest absolute Gasteiger partial charge is 0.444 e. The average Bonchev–Trinajstić information content (AvgIpc) is 2.91. The summed E-state index contributed by atoms with van der Waals surface area (Å²) in [5.74, 6) is 0.261. The van der Waals surface area contributed by atoms with E-state index in [2.05, 4.69) is 0 Å². The number of halogens is 2. The first-order chi connectivity index (χ1) is 10.7. The summed E-state index contributed by atoms with van der Waals surface area (Å²) in [5.41, 5.74) is 6.92. The second kappa shape index (κ2) is 7.29. The van der Waals surface area contributed by atoms with Gasteiger partial charge in [0.15, 0.2) is 0 Å². The summed E-state index contributed by atoms with van der Waals surface area (Å²) in [5, 5.41) is 1.08. The molecular formula is C17H24Cl2N2O2. The lowest BCUT2D eigenvalue weighted by molar-refractivity contribution is 0.0286. The lowest BCUT2D eigenvalue weighted by atomic mass is 9.94. The summed E-state index contributed by atoms with van der Waals surface area (Å²) in [4.78, 5) is 13.8. The van der Waals surface area contributed by atoms with Crippen molar-refractivity contribution >= 4 is 29.3 Å². The van der Waals surface area contributed by atoms with Gasteiger partial charge in [0.2, 0.25) is 0 Å². The standard InChI is InChI=1S/C17H24Cl2N2O2/c1-17(2,3)23-16(22)21-7-6-12(10-21)15(20)9-11-4-5-13(18)14(19)8-11/h4-5,8,12,15H,6-7,9-10,20H2,1-3H3. The number of carbonyl (C=O) groups excluding carboxylic acids is 1. The molecule has 2 unspecified atom stereocenters. The molecule has 1 aliphatic rings. The van der Waals surface area contributed by atoms with E-state index in [0.29, 0.717) is 29.6 Å². The Balaban J connectivity index is 1.90. The van der Waals surface area contributed by atoms with Crippen molar-refractivity contribution in [1.82, 2.24) is 4.90 Å². The fourth-order valence-corrected chi connectivity index (χ4v) is 3.06. The first-order valence-corrected chi connectivity index (χ1v) is 8.59. The van der Waals surface area contributed by atoms with Crippen molar-refractivity contribution < 1.29 is 9.53 Å². The van der Waals surface area contributed by atoms with Gasteiger partial charge in [-0.1, -0.05) is 29.3 Å². The number of likely N-dealkylation sites (tertiary alicyclic amines) is 1. The minimum Gasteiger partial charge on any atom is -0.444 e. The van der Waals surface area contributed by atoms with Gasteiger partial charge >= 0.3 is 6.09 Å². The summed E-state index contributed by atoms with van der Waals surface area (Å²) in [6.45, 7) is 6.93. The molecule has 23 heavy (non-hydrogen) atoms. The predicted molar refractivity (Wildman–Crippen MR) is 94.1 cm³/mol. The van der Waals surface area contributed by atoms with Crippen LogP contribution in [0.2, 0.25) is 10.0 Å². The van der Waals surface area contributed by atoms with Gasteiger partial charge in [-0.25, -0.2) is 4.79 Å². The third-order valence-electron chi connectivity index (χ3n) is 3.94. The van der Waals surface area contributed by atoms with Gasteiger partial charge in [0, 0.05) is 19.1 Å². The van der Waals surface area contributed by atoms with E-state index in [-0.39, 0.29) is 18.1 Å². The van der Waals surface area contributed by atoms with Crippen LogP contribution in [-0.4, -0.2) is 35.7 Å². The number of carbonyl (C=O) groups is 1. The highest BCUT2D eigenvalue weighted by atomic mass is 35.5. The summed E-state index contributed by atoms with van der Waals surface area (Å²) in [7, 11) is 0. The van der Waals surface area contributed by atoms with Gasteiger partial charge in [0.25, 0.3) is 0 Å². The normalized spacial score (nSPS) is 19.7. The molecule has 0 aliphatic carbocycles. The fourth-order valence-electron chi connectivity index (χ4n) is 2.73. The van der Waals surface area contributed by atoms with Gasteiger partial charge < -0.3 is 15.4 Å². The van der Waals surface area contributed by atoms with Crippen molar-refractivity contribution in [2.24, 2.45) is 11.7 Å². The van der Waals surface area contributed by atoms with Crippen molar-refractivity contribution in [3.63, 3.8) is 0 Å². The summed E-state index contributed by atoms with van der Waals surface area (Å²) < 4.78 is 5.41. The number of ether oxygens (including phenoxy) is 1. The Labute approximate surface area is 147 Å². The van der Waals surface area contributed by atoms with Gasteiger partial charge in [-0.05, 0) is 57.2 Å². The third kappa shape index (κ3) is 5.27. The first kappa shape index (κ1) is 18.4. The van der Waals surface area contributed by atoms with E-state index < -0.39 is 5.60 Å². The van der Waals surface area contributed by atoms with Crippen LogP contribution in [0.15, 0.2) is 18.2 Å². The van der Waals surface area contributed by atoms with E-state index in [9.17, 15) is 4.79 Å². The van der Waals surface area contributed by atoms with E-state index in [1.54, 1.807) is 11.0 Å². The van der Waals surface area contributed by atoms with Crippen molar-refractivity contribution in [2.45, 2.75) is 45.3 Å². The number of hydrogen-bond donors (Lipinski definition) is 1.